The van der Waals surface area contributed by atoms with Crippen LogP contribution in [-0.4, -0.2) is 83.1 Å². The van der Waals surface area contributed by atoms with Crippen molar-refractivity contribution < 1.29 is 27.4 Å². The zero-order valence-corrected chi connectivity index (χ0v) is 30.5. The molecule has 5 atom stereocenters. The number of carbonyl (C=O) groups excluding carboxylic acids is 1. The van der Waals surface area contributed by atoms with Crippen LogP contribution >= 0.6 is 11.6 Å². The number of sulfonamides is 1. The first-order chi connectivity index (χ1) is 23.7. The van der Waals surface area contributed by atoms with Crippen molar-refractivity contribution in [3.05, 3.63) is 70.3 Å². The predicted octanol–water partition coefficient (Wildman–Crippen LogP) is 6.24. The van der Waals surface area contributed by atoms with Crippen LogP contribution in [0.5, 0.6) is 5.75 Å². The minimum atomic E-state index is -3.92. The number of hydrogen-bond acceptors (Lipinski definition) is 8. The number of amides is 1. The Morgan fingerprint density at radius 3 is 2.65 bits per heavy atom. The smallest absolute Gasteiger partial charge is 0.264 e. The molecular formula is C38H52ClN3O6S. The Morgan fingerprint density at radius 1 is 1.02 bits per heavy atom. The minimum Gasteiger partial charge on any atom is -0.487 e. The van der Waals surface area contributed by atoms with E-state index >= 15 is 0 Å². The van der Waals surface area contributed by atoms with Crippen molar-refractivity contribution in [2.24, 2.45) is 17.8 Å². The number of benzene rings is 2. The average Bonchev–Trinajstić information content (AvgIpc) is 3.11. The molecule has 2 bridgehead atoms. The van der Waals surface area contributed by atoms with Gasteiger partial charge in [-0.05, 0) is 111 Å². The predicted molar refractivity (Wildman–Crippen MR) is 194 cm³/mol. The Bertz CT molecular complexity index is 1580. The summed E-state index contributed by atoms with van der Waals surface area (Å²) >= 11 is 6.37. The molecule has 11 heteroatoms. The number of ether oxygens (including phenoxy) is 3. The van der Waals surface area contributed by atoms with Gasteiger partial charge >= 0.3 is 0 Å². The largest absolute Gasteiger partial charge is 0.487 e. The fourth-order valence-electron chi connectivity index (χ4n) is 7.48. The lowest BCUT2D eigenvalue weighted by Gasteiger charge is -2.44. The SMILES string of the molecule is C[C@@H]1[C@@H](C)C/C=C/[C@H](OCCCN2CCOCC2)[C@@H]2CC[C@H]2CN2CCCCc3cc(Cl)ccc3COc3ccc(cc32)C(=O)NS1(=O)=O. The number of halogens is 1. The van der Waals surface area contributed by atoms with Gasteiger partial charge in [0.05, 0.1) is 30.3 Å². The highest BCUT2D eigenvalue weighted by molar-refractivity contribution is 7.90. The third-order valence-electron chi connectivity index (χ3n) is 11.0. The monoisotopic (exact) mass is 713 g/mol. The molecule has 2 aromatic carbocycles. The fraction of sp³-hybridized carbons (Fsp3) is 0.605. The van der Waals surface area contributed by atoms with E-state index < -0.39 is 21.2 Å². The van der Waals surface area contributed by atoms with E-state index in [2.05, 4.69) is 26.7 Å². The number of hydrogen-bond donors (Lipinski definition) is 1. The number of nitrogens with one attached hydrogen (secondary N) is 1. The zero-order chi connectivity index (χ0) is 34.4. The zero-order valence-electron chi connectivity index (χ0n) is 28.9. The molecule has 2 fully saturated rings. The molecule has 0 spiro atoms. The number of allylic oxidation sites excluding steroid dienone is 1. The van der Waals surface area contributed by atoms with E-state index in [0.717, 1.165) is 101 Å². The van der Waals surface area contributed by atoms with E-state index in [-0.39, 0.29) is 12.0 Å². The van der Waals surface area contributed by atoms with E-state index in [0.29, 0.717) is 42.8 Å². The van der Waals surface area contributed by atoms with Crippen LogP contribution in [0.25, 0.3) is 0 Å². The van der Waals surface area contributed by atoms with Gasteiger partial charge in [-0.2, -0.15) is 0 Å². The van der Waals surface area contributed by atoms with Crippen molar-refractivity contribution in [2.45, 2.75) is 76.8 Å². The Hall–Kier alpha value is -2.63. The Balaban J connectivity index is 1.29. The molecule has 1 N–H and O–H groups in total. The summed E-state index contributed by atoms with van der Waals surface area (Å²) in [6, 6.07) is 11.2. The number of fused-ring (bicyclic) bond motifs is 3. The maximum Gasteiger partial charge on any atom is 0.264 e. The van der Waals surface area contributed by atoms with Crippen molar-refractivity contribution in [1.82, 2.24) is 9.62 Å². The molecule has 0 aromatic heterocycles. The molecule has 6 rings (SSSR count). The van der Waals surface area contributed by atoms with Crippen molar-refractivity contribution in [3.8, 4) is 5.75 Å². The lowest BCUT2D eigenvalue weighted by molar-refractivity contribution is -0.0201. The first-order valence-corrected chi connectivity index (χ1v) is 20.0. The maximum atomic E-state index is 13.5. The highest BCUT2D eigenvalue weighted by Gasteiger charge is 2.38. The Kier molecular flexibility index (Phi) is 12.2. The molecule has 9 nitrogen and oxygen atoms in total. The summed E-state index contributed by atoms with van der Waals surface area (Å²) in [4.78, 5) is 18.3. The lowest BCUT2D eigenvalue weighted by Crippen LogP contribution is -2.44. The van der Waals surface area contributed by atoms with Crippen LogP contribution in [0.1, 0.15) is 73.9 Å². The molecular weight excluding hydrogens is 662 g/mol. The first kappa shape index (κ1) is 36.2. The van der Waals surface area contributed by atoms with Gasteiger partial charge in [0, 0.05) is 49.9 Å². The fourth-order valence-corrected chi connectivity index (χ4v) is 8.96. The molecule has 4 aliphatic rings. The molecule has 3 heterocycles. The van der Waals surface area contributed by atoms with Crippen LogP contribution in [0.2, 0.25) is 5.02 Å². The van der Waals surface area contributed by atoms with Gasteiger partial charge in [0.15, 0.2) is 0 Å². The van der Waals surface area contributed by atoms with Crippen molar-refractivity contribution in [1.29, 1.82) is 0 Å². The normalized spacial score (nSPS) is 28.8. The molecule has 3 aliphatic heterocycles. The summed E-state index contributed by atoms with van der Waals surface area (Å²) in [6.07, 6.45) is 10.8. The minimum absolute atomic E-state index is 0.0413. The molecule has 0 unspecified atom stereocenters. The van der Waals surface area contributed by atoms with Gasteiger partial charge in [-0.1, -0.05) is 36.7 Å². The summed E-state index contributed by atoms with van der Waals surface area (Å²) in [7, 11) is -3.92. The van der Waals surface area contributed by atoms with E-state index in [1.807, 2.05) is 37.3 Å². The molecule has 2 aromatic rings. The number of carbonyl (C=O) groups is 1. The van der Waals surface area contributed by atoms with E-state index in [9.17, 15) is 13.2 Å². The molecule has 49 heavy (non-hydrogen) atoms. The lowest BCUT2D eigenvalue weighted by atomic mass is 9.70. The molecule has 0 radical (unpaired) electrons. The van der Waals surface area contributed by atoms with Crippen LogP contribution in [-0.2, 0) is 32.5 Å². The van der Waals surface area contributed by atoms with Crippen LogP contribution < -0.4 is 14.4 Å². The third-order valence-corrected chi connectivity index (χ3v) is 13.1. The van der Waals surface area contributed by atoms with E-state index in [1.165, 1.54) is 5.56 Å². The van der Waals surface area contributed by atoms with Crippen LogP contribution in [0.3, 0.4) is 0 Å². The van der Waals surface area contributed by atoms with Gasteiger partial charge in [0.25, 0.3) is 5.91 Å². The molecule has 268 valence electrons. The quantitative estimate of drug-likeness (QED) is 0.288. The number of anilines is 1. The van der Waals surface area contributed by atoms with Gasteiger partial charge in [-0.15, -0.1) is 0 Å². The van der Waals surface area contributed by atoms with E-state index in [4.69, 9.17) is 25.8 Å². The summed E-state index contributed by atoms with van der Waals surface area (Å²) in [5.74, 6) is 0.625. The van der Waals surface area contributed by atoms with Gasteiger partial charge in [0.2, 0.25) is 10.0 Å². The van der Waals surface area contributed by atoms with Crippen molar-refractivity contribution in [3.63, 3.8) is 0 Å². The molecule has 1 amide bonds. The second kappa shape index (κ2) is 16.6. The first-order valence-electron chi connectivity index (χ1n) is 18.1. The summed E-state index contributed by atoms with van der Waals surface area (Å²) in [6.45, 7) is 10.8. The number of rotatable bonds is 5. The summed E-state index contributed by atoms with van der Waals surface area (Å²) in [5.41, 5.74) is 3.40. The van der Waals surface area contributed by atoms with Crippen molar-refractivity contribution in [2.75, 3.05) is 57.4 Å². The standard InChI is InChI=1S/C38H52ClN3O6S/c1-27-7-5-9-36(47-20-6-16-41-18-21-46-22-19-41)34-14-11-31(34)25-42-17-4-3-8-29-23-33(39)13-10-32(29)26-48-37-15-12-30(24-35(37)42)38(43)40-49(44,45)28(27)2/h5,9-10,12-13,15,23-24,27-28,31,34,36H,3-4,6-8,11,14,16-22,25-26H2,1-2H3,(H,40,43)/b9-5+/t27-,28+,31-,34+,36-/m0/s1. The highest BCUT2D eigenvalue weighted by atomic mass is 35.5. The summed E-state index contributed by atoms with van der Waals surface area (Å²) in [5, 5.41) is -0.0380. The number of morpholine rings is 1. The van der Waals surface area contributed by atoms with E-state index in [1.54, 1.807) is 13.0 Å². The topological polar surface area (TPSA) is 97.4 Å². The van der Waals surface area contributed by atoms with Crippen LogP contribution in [0.4, 0.5) is 5.69 Å². The Labute approximate surface area is 297 Å². The van der Waals surface area contributed by atoms with Gasteiger partial charge < -0.3 is 19.1 Å². The molecule has 1 saturated heterocycles. The maximum absolute atomic E-state index is 13.5. The van der Waals surface area contributed by atoms with Gasteiger partial charge in [-0.25, -0.2) is 13.1 Å². The highest BCUT2D eigenvalue weighted by Crippen LogP contribution is 2.42. The second-order valence-corrected chi connectivity index (χ2v) is 16.7. The average molecular weight is 714 g/mol. The molecule has 1 aliphatic carbocycles. The Morgan fingerprint density at radius 2 is 1.86 bits per heavy atom. The number of aryl methyl sites for hydroxylation is 1. The number of nitrogens with zero attached hydrogens (tertiary/aromatic N) is 2. The van der Waals surface area contributed by atoms with Gasteiger partial charge in [-0.3, -0.25) is 9.69 Å². The van der Waals surface area contributed by atoms with Crippen molar-refractivity contribution >= 4 is 33.2 Å². The molecule has 1 saturated carbocycles. The third kappa shape index (κ3) is 9.19. The summed E-state index contributed by atoms with van der Waals surface area (Å²) < 4.78 is 47.8. The van der Waals surface area contributed by atoms with Crippen LogP contribution in [0.15, 0.2) is 48.6 Å². The van der Waals surface area contributed by atoms with Crippen LogP contribution in [0, 0.1) is 17.8 Å². The second-order valence-electron chi connectivity index (χ2n) is 14.3. The van der Waals surface area contributed by atoms with Gasteiger partial charge in [0.1, 0.15) is 12.4 Å².